The Labute approximate surface area is 329 Å². The first-order valence-corrected chi connectivity index (χ1v) is 18.1. The van der Waals surface area contributed by atoms with Crippen LogP contribution in [0.2, 0.25) is 0 Å². The van der Waals surface area contributed by atoms with E-state index in [2.05, 4.69) is 63.5 Å². The molecule has 4 N–H and O–H groups in total. The fourth-order valence-corrected chi connectivity index (χ4v) is 5.48. The average molecular weight is 789 g/mol. The molecule has 0 bridgehead atoms. The van der Waals surface area contributed by atoms with Gasteiger partial charge in [0.2, 0.25) is 5.88 Å². The topological polar surface area (TPSA) is 227 Å². The number of hydrogen-bond donors (Lipinski definition) is 4. The normalized spacial score (nSPS) is 13.4. The summed E-state index contributed by atoms with van der Waals surface area (Å²) in [6.07, 6.45) is 7.13. The first-order valence-electron chi connectivity index (χ1n) is 18.1. The maximum atomic E-state index is 12.4. The second kappa shape index (κ2) is 22.9. The van der Waals surface area contributed by atoms with Crippen LogP contribution in [0.15, 0.2) is 103 Å². The van der Waals surface area contributed by atoms with Crippen LogP contribution in [0.5, 0.6) is 5.88 Å². The molecule has 5 rings (SSSR count). The van der Waals surface area contributed by atoms with E-state index in [9.17, 15) is 24.0 Å². The molecule has 1 saturated heterocycles. The van der Waals surface area contributed by atoms with E-state index in [1.807, 2.05) is 38.1 Å². The van der Waals surface area contributed by atoms with Crippen LogP contribution in [-0.2, 0) is 38.9 Å². The number of carboxylic acids is 4. The number of piperidine rings is 1. The van der Waals surface area contributed by atoms with Crippen molar-refractivity contribution in [2.45, 2.75) is 57.7 Å². The van der Waals surface area contributed by atoms with E-state index >= 15 is 0 Å². The van der Waals surface area contributed by atoms with Crippen LogP contribution < -0.4 is 4.74 Å². The molecule has 0 amide bonds. The van der Waals surface area contributed by atoms with Gasteiger partial charge in [-0.15, -0.1) is 5.10 Å². The Morgan fingerprint density at radius 1 is 0.789 bits per heavy atom. The Morgan fingerprint density at radius 3 is 1.77 bits per heavy atom. The quantitative estimate of drug-likeness (QED) is 0.0663. The summed E-state index contributed by atoms with van der Waals surface area (Å²) in [5.74, 6) is -4.79. The van der Waals surface area contributed by atoms with Gasteiger partial charge in [0.1, 0.15) is 11.5 Å². The molecule has 1 fully saturated rings. The third-order valence-electron chi connectivity index (χ3n) is 8.40. The molecule has 304 valence electrons. The van der Waals surface area contributed by atoms with Gasteiger partial charge in [0.15, 0.2) is 5.65 Å². The molecule has 0 aliphatic carbocycles. The molecule has 0 unspecified atom stereocenters. The molecule has 57 heavy (non-hydrogen) atoms. The molecule has 4 aromatic rings. The summed E-state index contributed by atoms with van der Waals surface area (Å²) < 4.78 is 19.5. The lowest BCUT2D eigenvalue weighted by molar-refractivity contribution is -0.149. The Bertz CT molecular complexity index is 1870. The van der Waals surface area contributed by atoms with E-state index in [1.165, 1.54) is 11.1 Å². The van der Waals surface area contributed by atoms with Crippen molar-refractivity contribution in [3.63, 3.8) is 0 Å². The highest BCUT2D eigenvalue weighted by atomic mass is 16.5. The SMILES string of the molecule is CCOC(=O)C(C)(C)c1cn2nc(OCCCN3CCC(OC(c4ccccc4)c4ccccc4)CC3)ccc2n1.O=C(O)/C=C/C(=O)O.O=C(O)/C=C/C(=O)O. The van der Waals surface area contributed by atoms with E-state index in [0.717, 1.165) is 38.9 Å². The molecule has 0 atom stereocenters. The van der Waals surface area contributed by atoms with Gasteiger partial charge in [-0.25, -0.2) is 28.7 Å². The van der Waals surface area contributed by atoms with Crippen LogP contribution in [0, 0.1) is 0 Å². The van der Waals surface area contributed by atoms with Gasteiger partial charge in [-0.3, -0.25) is 4.79 Å². The number of aliphatic carboxylic acids is 4. The third kappa shape index (κ3) is 15.7. The van der Waals surface area contributed by atoms with Crippen LogP contribution >= 0.6 is 0 Å². The molecular weight excluding hydrogens is 740 g/mol. The van der Waals surface area contributed by atoms with Crippen molar-refractivity contribution in [1.29, 1.82) is 0 Å². The van der Waals surface area contributed by atoms with Gasteiger partial charge in [-0.1, -0.05) is 60.7 Å². The Hall–Kier alpha value is -6.39. The van der Waals surface area contributed by atoms with Gasteiger partial charge in [-0.05, 0) is 57.2 Å². The molecule has 16 heteroatoms. The predicted molar refractivity (Wildman–Crippen MR) is 207 cm³/mol. The summed E-state index contributed by atoms with van der Waals surface area (Å²) in [7, 11) is 0. The van der Waals surface area contributed by atoms with Crippen molar-refractivity contribution in [1.82, 2.24) is 19.5 Å². The maximum Gasteiger partial charge on any atom is 0.328 e. The molecule has 1 aliphatic heterocycles. The molecule has 1 aliphatic rings. The minimum absolute atomic E-state index is 0.0463. The molecule has 3 heterocycles. The number of likely N-dealkylation sites (tertiary alicyclic amines) is 1. The lowest BCUT2D eigenvalue weighted by Gasteiger charge is -2.34. The third-order valence-corrected chi connectivity index (χ3v) is 8.40. The molecule has 2 aromatic heterocycles. The van der Waals surface area contributed by atoms with Crippen molar-refractivity contribution in [2.24, 2.45) is 0 Å². The zero-order valence-electron chi connectivity index (χ0n) is 32.0. The van der Waals surface area contributed by atoms with Gasteiger partial charge in [0.25, 0.3) is 0 Å². The number of hydrogen-bond acceptors (Lipinski definition) is 11. The highest BCUT2D eigenvalue weighted by Gasteiger charge is 2.34. The number of fused-ring (bicyclic) bond motifs is 1. The number of imidazole rings is 1. The number of carbonyl (C=O) groups excluding carboxylic acids is 1. The monoisotopic (exact) mass is 788 g/mol. The van der Waals surface area contributed by atoms with Gasteiger partial charge < -0.3 is 39.5 Å². The number of benzene rings is 2. The van der Waals surface area contributed by atoms with Gasteiger partial charge in [0, 0.05) is 50.0 Å². The number of aromatic nitrogens is 3. The lowest BCUT2D eigenvalue weighted by Crippen LogP contribution is -2.38. The highest BCUT2D eigenvalue weighted by molar-refractivity contribution is 5.90. The van der Waals surface area contributed by atoms with Crippen LogP contribution in [-0.4, -0.2) is 109 Å². The Balaban J connectivity index is 0.000000457. The predicted octanol–water partition coefficient (Wildman–Crippen LogP) is 5.03. The number of nitrogens with zero attached hydrogens (tertiary/aromatic N) is 4. The summed E-state index contributed by atoms with van der Waals surface area (Å²) in [5, 5.41) is 35.8. The first kappa shape index (κ1) is 45.0. The van der Waals surface area contributed by atoms with Crippen molar-refractivity contribution >= 4 is 35.5 Å². The van der Waals surface area contributed by atoms with Gasteiger partial charge >= 0.3 is 29.8 Å². The number of ether oxygens (including phenoxy) is 3. The summed E-state index contributed by atoms with van der Waals surface area (Å²) in [6, 6.07) is 24.7. The zero-order valence-corrected chi connectivity index (χ0v) is 32.0. The van der Waals surface area contributed by atoms with Gasteiger partial charge in [0.05, 0.1) is 31.2 Å². The maximum absolute atomic E-state index is 12.4. The molecule has 2 aromatic carbocycles. The second-order valence-electron chi connectivity index (χ2n) is 13.0. The minimum Gasteiger partial charge on any atom is -0.478 e. The molecule has 16 nitrogen and oxygen atoms in total. The van der Waals surface area contributed by atoms with Crippen LogP contribution in [0.1, 0.15) is 63.0 Å². The van der Waals surface area contributed by atoms with Crippen LogP contribution in [0.4, 0.5) is 0 Å². The number of esters is 1. The molecular formula is C41H48N4O12. The van der Waals surface area contributed by atoms with Crippen LogP contribution in [0.3, 0.4) is 0 Å². The molecule has 0 saturated carbocycles. The molecule has 0 radical (unpaired) electrons. The number of carbonyl (C=O) groups is 5. The minimum atomic E-state index is -1.26. The van der Waals surface area contributed by atoms with E-state index in [0.29, 0.717) is 54.7 Å². The van der Waals surface area contributed by atoms with E-state index < -0.39 is 29.3 Å². The summed E-state index contributed by atoms with van der Waals surface area (Å²) >= 11 is 0. The Morgan fingerprint density at radius 2 is 1.30 bits per heavy atom. The standard InChI is InChI=1S/C33H40N4O4.2C4H4O4/c1-4-39-32(38)33(2,3)28-24-37-29(34-28)16-17-30(35-37)40-23-11-20-36-21-18-27(19-22-36)41-31(25-12-7-5-8-13-25)26-14-9-6-10-15-26;2*5-3(6)1-2-4(7)8/h5-10,12-17,24,27,31H,4,11,18-23H2,1-3H3;2*1-2H,(H,5,6)(H,7,8)/b;2*2-1+. The zero-order chi connectivity index (χ0) is 41.8. The van der Waals surface area contributed by atoms with Crippen molar-refractivity contribution < 1.29 is 58.6 Å². The lowest BCUT2D eigenvalue weighted by atomic mass is 9.90. The van der Waals surface area contributed by atoms with E-state index in [4.69, 9.17) is 34.6 Å². The first-order chi connectivity index (χ1) is 27.2. The second-order valence-corrected chi connectivity index (χ2v) is 13.0. The largest absolute Gasteiger partial charge is 0.478 e. The highest BCUT2D eigenvalue weighted by Crippen LogP contribution is 2.30. The average Bonchev–Trinajstić information content (AvgIpc) is 3.63. The van der Waals surface area contributed by atoms with Crippen LogP contribution in [0.25, 0.3) is 5.65 Å². The summed E-state index contributed by atoms with van der Waals surface area (Å²) in [5.41, 5.74) is 2.82. The van der Waals surface area contributed by atoms with Crippen molar-refractivity contribution in [3.05, 3.63) is 120 Å². The fraction of sp³-hybridized carbons (Fsp3) is 0.341. The molecule has 0 spiro atoms. The van der Waals surface area contributed by atoms with E-state index in [-0.39, 0.29) is 18.2 Å². The van der Waals surface area contributed by atoms with Crippen molar-refractivity contribution in [2.75, 3.05) is 32.8 Å². The Kier molecular flexibility index (Phi) is 18.0. The number of carboxylic acid groups (broad SMARTS) is 4. The number of rotatable bonds is 16. The smallest absolute Gasteiger partial charge is 0.328 e. The summed E-state index contributed by atoms with van der Waals surface area (Å²) in [6.45, 7) is 9.33. The summed E-state index contributed by atoms with van der Waals surface area (Å²) in [4.78, 5) is 57.6. The fourth-order valence-electron chi connectivity index (χ4n) is 5.48. The van der Waals surface area contributed by atoms with Crippen molar-refractivity contribution in [3.8, 4) is 5.88 Å². The van der Waals surface area contributed by atoms with Gasteiger partial charge in [-0.2, -0.15) is 0 Å². The van der Waals surface area contributed by atoms with E-state index in [1.54, 1.807) is 17.6 Å².